The van der Waals surface area contributed by atoms with Crippen LogP contribution in [-0.4, -0.2) is 48.0 Å². The molecule has 0 aliphatic carbocycles. The van der Waals surface area contributed by atoms with Gasteiger partial charge in [0.2, 0.25) is 5.76 Å². The quantitative estimate of drug-likeness (QED) is 0.537. The molecule has 28 heavy (non-hydrogen) atoms. The van der Waals surface area contributed by atoms with E-state index in [-0.39, 0.29) is 11.7 Å². The van der Waals surface area contributed by atoms with Gasteiger partial charge in [0.1, 0.15) is 0 Å². The van der Waals surface area contributed by atoms with E-state index in [1.165, 1.54) is 0 Å². The van der Waals surface area contributed by atoms with Gasteiger partial charge >= 0.3 is 0 Å². The Morgan fingerprint density at radius 3 is 2.89 bits per heavy atom. The first-order chi connectivity index (χ1) is 13.6. The lowest BCUT2D eigenvalue weighted by atomic mass is 10.2. The van der Waals surface area contributed by atoms with Crippen molar-refractivity contribution in [1.82, 2.24) is 20.2 Å². The molecule has 0 saturated heterocycles. The van der Waals surface area contributed by atoms with E-state index in [0.717, 1.165) is 28.5 Å². The van der Waals surface area contributed by atoms with Crippen LogP contribution in [0, 0.1) is 0 Å². The summed E-state index contributed by atoms with van der Waals surface area (Å²) in [6.45, 7) is 1.27. The highest BCUT2D eigenvalue weighted by atomic mass is 16.3. The number of anilines is 2. The van der Waals surface area contributed by atoms with E-state index in [1.54, 1.807) is 18.6 Å². The van der Waals surface area contributed by atoms with Crippen LogP contribution in [0.2, 0.25) is 0 Å². The van der Waals surface area contributed by atoms with Crippen LogP contribution in [0.3, 0.4) is 0 Å². The van der Waals surface area contributed by atoms with E-state index >= 15 is 0 Å². The maximum Gasteiger partial charge on any atom is 0.289 e. The summed E-state index contributed by atoms with van der Waals surface area (Å²) in [5.74, 6) is -0.0378. The average Bonchev–Trinajstić information content (AvgIpc) is 3.06. The van der Waals surface area contributed by atoms with Gasteiger partial charge in [-0.1, -0.05) is 18.2 Å². The Bertz CT molecular complexity index is 1140. The number of likely N-dealkylation sites (N-methyl/N-ethyl adjacent to an activating group) is 1. The van der Waals surface area contributed by atoms with Crippen LogP contribution in [0.15, 0.2) is 59.4 Å². The highest BCUT2D eigenvalue weighted by Crippen LogP contribution is 2.33. The fourth-order valence-corrected chi connectivity index (χ4v) is 2.99. The number of furan rings is 1. The van der Waals surface area contributed by atoms with E-state index in [0.29, 0.717) is 17.8 Å². The summed E-state index contributed by atoms with van der Waals surface area (Å²) in [6.07, 6.45) is 5.03. The molecule has 0 aliphatic rings. The van der Waals surface area contributed by atoms with Gasteiger partial charge in [-0.3, -0.25) is 14.8 Å². The van der Waals surface area contributed by atoms with Crippen molar-refractivity contribution in [2.45, 2.75) is 0 Å². The number of carbonyl (C=O) groups is 1. The number of pyridine rings is 2. The van der Waals surface area contributed by atoms with Crippen molar-refractivity contribution in [3.63, 3.8) is 0 Å². The summed E-state index contributed by atoms with van der Waals surface area (Å²) in [7, 11) is 3.91. The molecule has 0 aliphatic heterocycles. The van der Waals surface area contributed by atoms with Gasteiger partial charge in [-0.15, -0.1) is 0 Å². The number of amides is 1. The number of fused-ring (bicyclic) bond motifs is 2. The Balaban J connectivity index is 1.68. The van der Waals surface area contributed by atoms with E-state index in [2.05, 4.69) is 20.6 Å². The fraction of sp³-hybridized carbons (Fsp3) is 0.190. The second kappa shape index (κ2) is 7.66. The molecule has 0 bridgehead atoms. The van der Waals surface area contributed by atoms with Crippen LogP contribution in [-0.2, 0) is 0 Å². The summed E-state index contributed by atoms with van der Waals surface area (Å²) in [6, 6.07) is 11.7. The van der Waals surface area contributed by atoms with Gasteiger partial charge in [0, 0.05) is 30.1 Å². The zero-order chi connectivity index (χ0) is 19.5. The average molecular weight is 375 g/mol. The van der Waals surface area contributed by atoms with E-state index < -0.39 is 0 Å². The third-order valence-corrected chi connectivity index (χ3v) is 4.40. The van der Waals surface area contributed by atoms with Crippen LogP contribution < -0.4 is 10.6 Å². The number of aromatic nitrogens is 2. The third kappa shape index (κ3) is 3.65. The van der Waals surface area contributed by atoms with Crippen molar-refractivity contribution in [2.24, 2.45) is 0 Å². The molecule has 7 nitrogen and oxygen atoms in total. The molecule has 0 fully saturated rings. The summed E-state index contributed by atoms with van der Waals surface area (Å²) < 4.78 is 5.81. The van der Waals surface area contributed by atoms with Gasteiger partial charge in [-0.05, 0) is 32.3 Å². The van der Waals surface area contributed by atoms with E-state index in [1.807, 2.05) is 55.4 Å². The number of nitrogens with zero attached hydrogens (tertiary/aromatic N) is 3. The molecule has 7 heteroatoms. The molecule has 1 amide bonds. The molecule has 3 heterocycles. The maximum atomic E-state index is 12.7. The standard InChI is InChI=1S/C21H21N5O2/c1-26(2)10-9-23-21(27)20-19(16-7-8-22-13-18(16)28-20)25-15-11-14-5-3-4-6-17(14)24-12-15/h3-8,11-13,25H,9-10H2,1-2H3,(H,23,27). The molecule has 4 rings (SSSR count). The monoisotopic (exact) mass is 375 g/mol. The van der Waals surface area contributed by atoms with Crippen molar-refractivity contribution in [2.75, 3.05) is 32.5 Å². The summed E-state index contributed by atoms with van der Waals surface area (Å²) in [5, 5.41) is 8.01. The van der Waals surface area contributed by atoms with Gasteiger partial charge in [-0.2, -0.15) is 0 Å². The zero-order valence-electron chi connectivity index (χ0n) is 15.8. The summed E-state index contributed by atoms with van der Waals surface area (Å²) >= 11 is 0. The lowest BCUT2D eigenvalue weighted by Crippen LogP contribution is -2.31. The van der Waals surface area contributed by atoms with Crippen molar-refractivity contribution >= 4 is 39.2 Å². The van der Waals surface area contributed by atoms with Crippen molar-refractivity contribution in [3.05, 3.63) is 60.7 Å². The number of carbonyl (C=O) groups excluding carboxylic acids is 1. The Kier molecular flexibility index (Phi) is 4.90. The fourth-order valence-electron chi connectivity index (χ4n) is 2.99. The van der Waals surface area contributed by atoms with Crippen molar-refractivity contribution in [3.8, 4) is 0 Å². The predicted octanol–water partition coefficient (Wildman–Crippen LogP) is 3.41. The molecule has 0 radical (unpaired) electrons. The molecule has 0 atom stereocenters. The van der Waals surface area contributed by atoms with Crippen molar-refractivity contribution < 1.29 is 9.21 Å². The Morgan fingerprint density at radius 2 is 2.04 bits per heavy atom. The molecular weight excluding hydrogens is 354 g/mol. The summed E-state index contributed by atoms with van der Waals surface area (Å²) in [4.78, 5) is 23.3. The van der Waals surface area contributed by atoms with Crippen LogP contribution in [0.4, 0.5) is 11.4 Å². The van der Waals surface area contributed by atoms with Crippen LogP contribution in [0.1, 0.15) is 10.6 Å². The molecule has 4 aromatic rings. The number of rotatable bonds is 6. The highest BCUT2D eigenvalue weighted by Gasteiger charge is 2.21. The number of nitrogens with one attached hydrogen (secondary N) is 2. The largest absolute Gasteiger partial charge is 0.447 e. The smallest absolute Gasteiger partial charge is 0.289 e. The number of benzene rings is 1. The Hall–Kier alpha value is -3.45. The topological polar surface area (TPSA) is 83.3 Å². The van der Waals surface area contributed by atoms with Crippen LogP contribution in [0.25, 0.3) is 21.9 Å². The van der Waals surface area contributed by atoms with Crippen LogP contribution in [0.5, 0.6) is 0 Å². The molecule has 0 unspecified atom stereocenters. The second-order valence-corrected chi connectivity index (χ2v) is 6.78. The first-order valence-corrected chi connectivity index (χ1v) is 9.03. The first kappa shape index (κ1) is 17.9. The third-order valence-electron chi connectivity index (χ3n) is 4.40. The van der Waals surface area contributed by atoms with E-state index in [9.17, 15) is 4.79 Å². The minimum atomic E-state index is -0.269. The Labute approximate surface area is 162 Å². The van der Waals surface area contributed by atoms with Crippen molar-refractivity contribution in [1.29, 1.82) is 0 Å². The van der Waals surface area contributed by atoms with Crippen LogP contribution >= 0.6 is 0 Å². The number of hydrogen-bond donors (Lipinski definition) is 2. The SMILES string of the molecule is CN(C)CCNC(=O)c1oc2cnccc2c1Nc1cnc2ccccc2c1. The van der Waals surface area contributed by atoms with Gasteiger partial charge in [0.25, 0.3) is 5.91 Å². The van der Waals surface area contributed by atoms with Gasteiger partial charge in [-0.25, -0.2) is 0 Å². The molecular formula is C21H21N5O2. The molecule has 0 spiro atoms. The minimum absolute atomic E-state index is 0.231. The number of para-hydroxylation sites is 1. The molecule has 0 saturated carbocycles. The lowest BCUT2D eigenvalue weighted by molar-refractivity contribution is 0.0926. The first-order valence-electron chi connectivity index (χ1n) is 9.03. The van der Waals surface area contributed by atoms with Gasteiger partial charge < -0.3 is 20.0 Å². The molecule has 1 aromatic carbocycles. The maximum absolute atomic E-state index is 12.7. The van der Waals surface area contributed by atoms with Gasteiger partial charge in [0.05, 0.1) is 29.3 Å². The van der Waals surface area contributed by atoms with E-state index in [4.69, 9.17) is 4.42 Å². The Morgan fingerprint density at radius 1 is 1.18 bits per heavy atom. The summed E-state index contributed by atoms with van der Waals surface area (Å²) in [5.41, 5.74) is 2.85. The second-order valence-electron chi connectivity index (χ2n) is 6.78. The molecule has 2 N–H and O–H groups in total. The minimum Gasteiger partial charge on any atom is -0.447 e. The molecule has 142 valence electrons. The zero-order valence-corrected chi connectivity index (χ0v) is 15.8. The van der Waals surface area contributed by atoms with Gasteiger partial charge in [0.15, 0.2) is 5.58 Å². The highest BCUT2D eigenvalue weighted by molar-refractivity contribution is 6.07. The lowest BCUT2D eigenvalue weighted by Gasteiger charge is -2.11. The number of hydrogen-bond acceptors (Lipinski definition) is 6. The normalized spacial score (nSPS) is 11.2. The molecule has 3 aromatic heterocycles. The predicted molar refractivity (Wildman–Crippen MR) is 110 cm³/mol.